The summed E-state index contributed by atoms with van der Waals surface area (Å²) in [5.74, 6) is 0. The number of benzene rings is 1. The number of hydrogen-bond donors (Lipinski definition) is 1. The van der Waals surface area contributed by atoms with Gasteiger partial charge in [0, 0.05) is 13.2 Å². The van der Waals surface area contributed by atoms with Crippen LogP contribution in [0.3, 0.4) is 0 Å². The van der Waals surface area contributed by atoms with Crippen molar-refractivity contribution in [2.75, 3.05) is 13.7 Å². The monoisotopic (exact) mass is 263 g/mol. The third-order valence-electron chi connectivity index (χ3n) is 1.90. The van der Waals surface area contributed by atoms with Crippen molar-refractivity contribution in [1.82, 2.24) is 4.72 Å². The summed E-state index contributed by atoms with van der Waals surface area (Å²) in [6, 6.07) is 6.01. The molecule has 90 valence electrons. The number of rotatable bonds is 5. The van der Waals surface area contributed by atoms with Gasteiger partial charge in [0.25, 0.3) is 0 Å². The molecule has 0 heterocycles. The fourth-order valence-corrected chi connectivity index (χ4v) is 3.02. The fraction of sp³-hybridized carbons (Fsp3) is 0.400. The van der Waals surface area contributed by atoms with Crippen LogP contribution in [0.4, 0.5) is 0 Å². The van der Waals surface area contributed by atoms with Gasteiger partial charge >= 0.3 is 0 Å². The molecule has 0 aliphatic heterocycles. The highest BCUT2D eigenvalue weighted by Crippen LogP contribution is 2.20. The van der Waals surface area contributed by atoms with Crippen molar-refractivity contribution in [2.45, 2.75) is 17.9 Å². The van der Waals surface area contributed by atoms with Gasteiger partial charge in [0.15, 0.2) is 0 Å². The van der Waals surface area contributed by atoms with E-state index in [2.05, 4.69) is 4.72 Å². The Kier molecular flexibility index (Phi) is 4.73. The maximum Gasteiger partial charge on any atom is 0.242 e. The molecule has 1 atom stereocenters. The van der Waals surface area contributed by atoms with Crippen LogP contribution in [0.15, 0.2) is 29.2 Å². The SMILES string of the molecule is COC[C@@H](C)NS(=O)(=O)c1ccccc1Cl. The average Bonchev–Trinajstić information content (AvgIpc) is 2.17. The minimum absolute atomic E-state index is 0.0830. The van der Waals surface area contributed by atoms with Crippen molar-refractivity contribution in [1.29, 1.82) is 0 Å². The van der Waals surface area contributed by atoms with E-state index in [9.17, 15) is 8.42 Å². The Morgan fingerprint density at radius 3 is 2.62 bits per heavy atom. The van der Waals surface area contributed by atoms with Crippen LogP contribution in [0.25, 0.3) is 0 Å². The summed E-state index contributed by atoms with van der Waals surface area (Å²) in [6.45, 7) is 2.03. The molecule has 1 aromatic rings. The lowest BCUT2D eigenvalue weighted by molar-refractivity contribution is 0.180. The molecule has 0 unspecified atom stereocenters. The predicted molar refractivity (Wildman–Crippen MR) is 63.1 cm³/mol. The van der Waals surface area contributed by atoms with Gasteiger partial charge in [0.05, 0.1) is 11.6 Å². The Balaban J connectivity index is 2.91. The van der Waals surface area contributed by atoms with Crippen LogP contribution < -0.4 is 4.72 Å². The maximum absolute atomic E-state index is 11.9. The fourth-order valence-electron chi connectivity index (χ4n) is 1.28. The van der Waals surface area contributed by atoms with Gasteiger partial charge in [0.1, 0.15) is 4.90 Å². The topological polar surface area (TPSA) is 55.4 Å². The molecule has 1 rings (SSSR count). The molecule has 0 amide bonds. The molecule has 0 radical (unpaired) electrons. The number of sulfonamides is 1. The lowest BCUT2D eigenvalue weighted by atomic mass is 10.4. The molecule has 1 aromatic carbocycles. The summed E-state index contributed by atoms with van der Waals surface area (Å²) in [7, 11) is -2.06. The molecule has 1 N–H and O–H groups in total. The second kappa shape index (κ2) is 5.63. The van der Waals surface area contributed by atoms with E-state index in [-0.39, 0.29) is 16.0 Å². The molecule has 0 aromatic heterocycles. The number of nitrogens with one attached hydrogen (secondary N) is 1. The summed E-state index contributed by atoms with van der Waals surface area (Å²) in [5.41, 5.74) is 0. The van der Waals surface area contributed by atoms with Gasteiger partial charge in [-0.05, 0) is 19.1 Å². The van der Waals surface area contributed by atoms with Crippen molar-refractivity contribution >= 4 is 21.6 Å². The maximum atomic E-state index is 11.9. The molecule has 0 fully saturated rings. The van der Waals surface area contributed by atoms with Gasteiger partial charge in [-0.3, -0.25) is 0 Å². The first-order valence-corrected chi connectivity index (χ1v) is 6.59. The third kappa shape index (κ3) is 3.45. The molecule has 0 spiro atoms. The molecule has 0 saturated heterocycles. The second-order valence-corrected chi connectivity index (χ2v) is 5.50. The van der Waals surface area contributed by atoms with Crippen molar-refractivity contribution < 1.29 is 13.2 Å². The smallest absolute Gasteiger partial charge is 0.242 e. The van der Waals surface area contributed by atoms with Gasteiger partial charge in [-0.2, -0.15) is 0 Å². The van der Waals surface area contributed by atoms with Crippen LogP contribution in [0.1, 0.15) is 6.92 Å². The van der Waals surface area contributed by atoms with Crippen LogP contribution in [-0.2, 0) is 14.8 Å². The first-order valence-electron chi connectivity index (χ1n) is 4.73. The average molecular weight is 264 g/mol. The van der Waals surface area contributed by atoms with Crippen molar-refractivity contribution in [3.8, 4) is 0 Å². The Bertz CT molecular complexity index is 447. The van der Waals surface area contributed by atoms with Crippen LogP contribution in [-0.4, -0.2) is 28.2 Å². The molecule has 6 heteroatoms. The lowest BCUT2D eigenvalue weighted by Crippen LogP contribution is -2.35. The van der Waals surface area contributed by atoms with Gasteiger partial charge < -0.3 is 4.74 Å². The normalized spacial score (nSPS) is 13.7. The first kappa shape index (κ1) is 13.4. The molecular formula is C10H14ClNO3S. The summed E-state index contributed by atoms with van der Waals surface area (Å²) >= 11 is 5.82. The highest BCUT2D eigenvalue weighted by Gasteiger charge is 2.19. The molecule has 0 bridgehead atoms. The van der Waals surface area contributed by atoms with E-state index in [1.165, 1.54) is 19.2 Å². The Morgan fingerprint density at radius 2 is 2.06 bits per heavy atom. The number of halogens is 1. The third-order valence-corrected chi connectivity index (χ3v) is 3.99. The molecule has 0 aliphatic rings. The van der Waals surface area contributed by atoms with E-state index in [0.29, 0.717) is 6.61 Å². The molecular weight excluding hydrogens is 250 g/mol. The molecule has 0 aliphatic carbocycles. The zero-order valence-electron chi connectivity index (χ0n) is 9.10. The van der Waals surface area contributed by atoms with Gasteiger partial charge in [-0.15, -0.1) is 0 Å². The Labute approximate surface area is 101 Å². The molecule has 0 saturated carbocycles. The van der Waals surface area contributed by atoms with Crippen molar-refractivity contribution in [2.24, 2.45) is 0 Å². The minimum Gasteiger partial charge on any atom is -0.383 e. The lowest BCUT2D eigenvalue weighted by Gasteiger charge is -2.13. The van der Waals surface area contributed by atoms with Crippen LogP contribution in [0.2, 0.25) is 5.02 Å². The van der Waals surface area contributed by atoms with E-state index in [0.717, 1.165) is 0 Å². The van der Waals surface area contributed by atoms with Gasteiger partial charge in [0.2, 0.25) is 10.0 Å². The quantitative estimate of drug-likeness (QED) is 0.879. The molecule has 16 heavy (non-hydrogen) atoms. The van der Waals surface area contributed by atoms with Crippen molar-refractivity contribution in [3.63, 3.8) is 0 Å². The van der Waals surface area contributed by atoms with Gasteiger partial charge in [-0.25, -0.2) is 13.1 Å². The largest absolute Gasteiger partial charge is 0.383 e. The summed E-state index contributed by atoms with van der Waals surface area (Å²) in [5, 5.41) is 0.208. The summed E-state index contributed by atoms with van der Waals surface area (Å²) < 4.78 is 31.1. The van der Waals surface area contributed by atoms with Gasteiger partial charge in [-0.1, -0.05) is 23.7 Å². The standard InChI is InChI=1S/C10H14ClNO3S/c1-8(7-15-2)12-16(13,14)10-6-4-3-5-9(10)11/h3-6,8,12H,7H2,1-2H3/t8-/m1/s1. The van der Waals surface area contributed by atoms with E-state index in [4.69, 9.17) is 16.3 Å². The van der Waals surface area contributed by atoms with Crippen LogP contribution >= 0.6 is 11.6 Å². The summed E-state index contributed by atoms with van der Waals surface area (Å²) in [6.07, 6.45) is 0. The van der Waals surface area contributed by atoms with Crippen molar-refractivity contribution in [3.05, 3.63) is 29.3 Å². The van der Waals surface area contributed by atoms with E-state index >= 15 is 0 Å². The first-order chi connectivity index (χ1) is 7.47. The number of methoxy groups -OCH3 is 1. The predicted octanol–water partition coefficient (Wildman–Crippen LogP) is 1.65. The summed E-state index contributed by atoms with van der Waals surface area (Å²) in [4.78, 5) is 0.0830. The van der Waals surface area contributed by atoms with E-state index in [1.54, 1.807) is 19.1 Å². The number of ether oxygens (including phenoxy) is 1. The molecule has 4 nitrogen and oxygen atoms in total. The Morgan fingerprint density at radius 1 is 1.44 bits per heavy atom. The zero-order chi connectivity index (χ0) is 12.2. The van der Waals surface area contributed by atoms with E-state index in [1.807, 2.05) is 0 Å². The highest BCUT2D eigenvalue weighted by atomic mass is 35.5. The highest BCUT2D eigenvalue weighted by molar-refractivity contribution is 7.89. The zero-order valence-corrected chi connectivity index (χ0v) is 10.7. The number of hydrogen-bond acceptors (Lipinski definition) is 3. The second-order valence-electron chi connectivity index (χ2n) is 3.41. The van der Waals surface area contributed by atoms with Crippen LogP contribution in [0.5, 0.6) is 0 Å². The Hall–Kier alpha value is -0.620. The van der Waals surface area contributed by atoms with Crippen LogP contribution in [0, 0.1) is 0 Å². The van der Waals surface area contributed by atoms with E-state index < -0.39 is 10.0 Å². The minimum atomic E-state index is -3.57.